The van der Waals surface area contributed by atoms with Gasteiger partial charge in [-0.05, 0) is 49.8 Å². The Morgan fingerprint density at radius 2 is 2.10 bits per heavy atom. The largest absolute Gasteiger partial charge is 0.339 e. The van der Waals surface area contributed by atoms with E-state index < -0.39 is 0 Å². The molecule has 0 saturated carbocycles. The summed E-state index contributed by atoms with van der Waals surface area (Å²) in [5.41, 5.74) is 2.80. The number of rotatable bonds is 2. The first-order valence-electron chi connectivity index (χ1n) is 7.56. The Morgan fingerprint density at radius 1 is 1.15 bits per heavy atom. The molecular weight excluding hydrogens is 250 g/mol. The fourth-order valence-electron chi connectivity index (χ4n) is 3.45. The summed E-state index contributed by atoms with van der Waals surface area (Å²) in [7, 11) is 0. The predicted octanol–water partition coefficient (Wildman–Crippen LogP) is 2.96. The van der Waals surface area contributed by atoms with Gasteiger partial charge >= 0.3 is 0 Å². The van der Waals surface area contributed by atoms with E-state index in [-0.39, 0.29) is 12.0 Å². The topological polar surface area (TPSA) is 51.0 Å². The third kappa shape index (κ3) is 2.04. The number of hydrogen-bond donors (Lipinski definition) is 1. The summed E-state index contributed by atoms with van der Waals surface area (Å²) in [6.45, 7) is 1.06. The molecular formula is C16H19N3O. The van der Waals surface area contributed by atoms with Crippen LogP contribution in [0.25, 0.3) is 0 Å². The molecule has 1 saturated heterocycles. The average Bonchev–Trinajstić information content (AvgIpc) is 3.17. The number of fused-ring (bicyclic) bond motifs is 1. The van der Waals surface area contributed by atoms with Crippen LogP contribution >= 0.6 is 0 Å². The average molecular weight is 269 g/mol. The van der Waals surface area contributed by atoms with Gasteiger partial charge in [0.1, 0.15) is 0 Å². The van der Waals surface area contributed by atoms with E-state index in [0.29, 0.717) is 0 Å². The van der Waals surface area contributed by atoms with Crippen LogP contribution in [0, 0.1) is 0 Å². The van der Waals surface area contributed by atoms with Crippen molar-refractivity contribution in [2.45, 2.75) is 44.1 Å². The van der Waals surface area contributed by atoms with E-state index in [1.165, 1.54) is 24.0 Å². The molecule has 1 aliphatic heterocycles. The highest BCUT2D eigenvalue weighted by molar-refractivity contribution is 5.35. The van der Waals surface area contributed by atoms with Crippen LogP contribution in [0.1, 0.15) is 60.5 Å². The Morgan fingerprint density at radius 3 is 3.00 bits per heavy atom. The monoisotopic (exact) mass is 269 g/mol. The molecule has 4 rings (SSSR count). The van der Waals surface area contributed by atoms with Crippen molar-refractivity contribution in [3.8, 4) is 0 Å². The zero-order chi connectivity index (χ0) is 13.4. The SMILES string of the molecule is c1ccc2c(c1)CCCC2c1nc(C2CCCN2)no1. The van der Waals surface area contributed by atoms with Crippen LogP contribution in [0.2, 0.25) is 0 Å². The third-order valence-corrected chi connectivity index (χ3v) is 4.50. The van der Waals surface area contributed by atoms with Gasteiger partial charge in [0.25, 0.3) is 0 Å². The number of benzene rings is 1. The van der Waals surface area contributed by atoms with E-state index in [4.69, 9.17) is 4.52 Å². The zero-order valence-corrected chi connectivity index (χ0v) is 11.5. The maximum Gasteiger partial charge on any atom is 0.234 e. The van der Waals surface area contributed by atoms with Crippen molar-refractivity contribution in [3.05, 3.63) is 47.1 Å². The van der Waals surface area contributed by atoms with Crippen LogP contribution in [0.15, 0.2) is 28.8 Å². The van der Waals surface area contributed by atoms with Gasteiger partial charge in [0, 0.05) is 0 Å². The summed E-state index contributed by atoms with van der Waals surface area (Å²) in [6.07, 6.45) is 5.77. The number of aryl methyl sites for hydroxylation is 1. The standard InChI is InChI=1S/C16H19N3O/c1-2-7-12-11(5-1)6-3-8-13(12)16-18-15(19-20-16)14-9-4-10-17-14/h1-2,5,7,13-14,17H,3-4,6,8-10H2. The smallest absolute Gasteiger partial charge is 0.234 e. The molecule has 2 unspecified atom stereocenters. The van der Waals surface area contributed by atoms with Crippen molar-refractivity contribution in [2.75, 3.05) is 6.54 Å². The van der Waals surface area contributed by atoms with E-state index in [1.807, 2.05) is 0 Å². The van der Waals surface area contributed by atoms with Crippen LogP contribution in [0.5, 0.6) is 0 Å². The van der Waals surface area contributed by atoms with E-state index in [1.54, 1.807) is 0 Å². The van der Waals surface area contributed by atoms with Crippen molar-refractivity contribution in [3.63, 3.8) is 0 Å². The highest BCUT2D eigenvalue weighted by Crippen LogP contribution is 2.36. The van der Waals surface area contributed by atoms with Crippen molar-refractivity contribution >= 4 is 0 Å². The van der Waals surface area contributed by atoms with Crippen molar-refractivity contribution in [2.24, 2.45) is 0 Å². The zero-order valence-electron chi connectivity index (χ0n) is 11.5. The normalized spacial score (nSPS) is 25.6. The minimum Gasteiger partial charge on any atom is -0.339 e. The highest BCUT2D eigenvalue weighted by Gasteiger charge is 2.28. The minimum absolute atomic E-state index is 0.280. The second-order valence-corrected chi connectivity index (χ2v) is 5.78. The van der Waals surface area contributed by atoms with Gasteiger partial charge in [0.15, 0.2) is 5.82 Å². The summed E-state index contributed by atoms with van der Waals surface area (Å²) in [5.74, 6) is 1.91. The van der Waals surface area contributed by atoms with Gasteiger partial charge in [-0.2, -0.15) is 4.98 Å². The molecule has 1 aliphatic carbocycles. The Kier molecular flexibility index (Phi) is 3.03. The molecule has 2 aromatic rings. The lowest BCUT2D eigenvalue weighted by Crippen LogP contribution is -2.15. The third-order valence-electron chi connectivity index (χ3n) is 4.50. The molecule has 20 heavy (non-hydrogen) atoms. The molecule has 4 heteroatoms. The van der Waals surface area contributed by atoms with Gasteiger partial charge in [0.05, 0.1) is 12.0 Å². The number of nitrogens with one attached hydrogen (secondary N) is 1. The fraction of sp³-hybridized carbons (Fsp3) is 0.500. The Bertz CT molecular complexity index is 601. The molecule has 0 radical (unpaired) electrons. The quantitative estimate of drug-likeness (QED) is 0.910. The van der Waals surface area contributed by atoms with Gasteiger partial charge in [0.2, 0.25) is 5.89 Å². The molecule has 104 valence electrons. The maximum atomic E-state index is 5.57. The predicted molar refractivity (Wildman–Crippen MR) is 75.5 cm³/mol. The Hall–Kier alpha value is -1.68. The first-order valence-corrected chi connectivity index (χ1v) is 7.56. The lowest BCUT2D eigenvalue weighted by molar-refractivity contribution is 0.347. The molecule has 2 aliphatic rings. The Labute approximate surface area is 118 Å². The van der Waals surface area contributed by atoms with E-state index in [9.17, 15) is 0 Å². The second kappa shape index (κ2) is 5.02. The van der Waals surface area contributed by atoms with E-state index in [2.05, 4.69) is 39.7 Å². The van der Waals surface area contributed by atoms with Crippen LogP contribution in [-0.4, -0.2) is 16.7 Å². The van der Waals surface area contributed by atoms with Gasteiger partial charge in [-0.1, -0.05) is 29.4 Å². The van der Waals surface area contributed by atoms with Crippen LogP contribution in [0.3, 0.4) is 0 Å². The summed E-state index contributed by atoms with van der Waals surface area (Å²) >= 11 is 0. The van der Waals surface area contributed by atoms with Crippen molar-refractivity contribution in [1.29, 1.82) is 0 Å². The van der Waals surface area contributed by atoms with E-state index in [0.717, 1.165) is 37.5 Å². The lowest BCUT2D eigenvalue weighted by atomic mass is 9.83. The van der Waals surface area contributed by atoms with Crippen LogP contribution in [-0.2, 0) is 6.42 Å². The Balaban J connectivity index is 1.65. The fourth-order valence-corrected chi connectivity index (χ4v) is 3.45. The summed E-state index contributed by atoms with van der Waals surface area (Å²) in [4.78, 5) is 4.67. The molecule has 0 bridgehead atoms. The molecule has 1 aromatic carbocycles. The molecule has 2 atom stereocenters. The lowest BCUT2D eigenvalue weighted by Gasteiger charge is -2.22. The van der Waals surface area contributed by atoms with Gasteiger partial charge in [-0.15, -0.1) is 0 Å². The second-order valence-electron chi connectivity index (χ2n) is 5.78. The molecule has 1 N–H and O–H groups in total. The van der Waals surface area contributed by atoms with Gasteiger partial charge in [-0.25, -0.2) is 0 Å². The molecule has 2 heterocycles. The molecule has 1 aromatic heterocycles. The van der Waals surface area contributed by atoms with Crippen molar-refractivity contribution in [1.82, 2.24) is 15.5 Å². The van der Waals surface area contributed by atoms with Crippen LogP contribution in [0.4, 0.5) is 0 Å². The minimum atomic E-state index is 0.280. The molecule has 0 amide bonds. The number of hydrogen-bond acceptors (Lipinski definition) is 4. The first kappa shape index (κ1) is 12.1. The van der Waals surface area contributed by atoms with Gasteiger partial charge in [-0.3, -0.25) is 0 Å². The molecule has 4 nitrogen and oxygen atoms in total. The number of aromatic nitrogens is 2. The van der Waals surface area contributed by atoms with Crippen LogP contribution < -0.4 is 5.32 Å². The summed E-state index contributed by atoms with van der Waals surface area (Å²) < 4.78 is 5.57. The first-order chi connectivity index (χ1) is 9.92. The van der Waals surface area contributed by atoms with Crippen molar-refractivity contribution < 1.29 is 4.52 Å². The maximum absolute atomic E-state index is 5.57. The molecule has 0 spiro atoms. The summed E-state index contributed by atoms with van der Waals surface area (Å²) in [6, 6.07) is 8.93. The van der Waals surface area contributed by atoms with E-state index >= 15 is 0 Å². The summed E-state index contributed by atoms with van der Waals surface area (Å²) in [5, 5.41) is 7.62. The highest BCUT2D eigenvalue weighted by atomic mass is 16.5. The number of nitrogens with zero attached hydrogens (tertiary/aromatic N) is 2. The molecule has 1 fully saturated rings. The van der Waals surface area contributed by atoms with Gasteiger partial charge < -0.3 is 9.84 Å².